The highest BCUT2D eigenvalue weighted by atomic mass is 79.9. The van der Waals surface area contributed by atoms with Crippen LogP contribution in [0.3, 0.4) is 0 Å². The summed E-state index contributed by atoms with van der Waals surface area (Å²) in [5.74, 6) is 0. The Hall–Kier alpha value is -0.940. The van der Waals surface area contributed by atoms with Gasteiger partial charge in [0.1, 0.15) is 0 Å². The number of rotatable bonds is 1. The van der Waals surface area contributed by atoms with Crippen LogP contribution in [0.25, 0.3) is 5.65 Å². The molecule has 5 heteroatoms. The molecule has 0 aliphatic heterocycles. The van der Waals surface area contributed by atoms with Crippen LogP contribution in [0.4, 0.5) is 0 Å². The third kappa shape index (κ3) is 1.09. The lowest BCUT2D eigenvalue weighted by Crippen LogP contribution is -2.19. The molecule has 0 saturated heterocycles. The molecule has 0 radical (unpaired) electrons. The maximum Gasteiger partial charge on any atom is 0.218 e. The highest BCUT2D eigenvalue weighted by Gasteiger charge is 2.42. The van der Waals surface area contributed by atoms with Gasteiger partial charge in [-0.05, 0) is 34.8 Å². The number of hydrogen-bond donors (Lipinski definition) is 1. The Morgan fingerprint density at radius 3 is 3.00 bits per heavy atom. The van der Waals surface area contributed by atoms with Gasteiger partial charge in [-0.2, -0.15) is 0 Å². The minimum Gasteiger partial charge on any atom is -0.321 e. The molecule has 3 rings (SSSR count). The lowest BCUT2D eigenvalue weighted by molar-refractivity contribution is 0.737. The van der Waals surface area contributed by atoms with E-state index in [1.165, 1.54) is 0 Å². The van der Waals surface area contributed by atoms with Crippen LogP contribution >= 0.6 is 15.9 Å². The minimum absolute atomic E-state index is 0.158. The van der Waals surface area contributed by atoms with E-state index < -0.39 is 0 Å². The molecule has 2 aromatic heterocycles. The fraction of sp³-hybridized carbons (Fsp3) is 0.333. The molecule has 1 aliphatic carbocycles. The number of pyridine rings is 1. The molecule has 2 aromatic rings. The van der Waals surface area contributed by atoms with Gasteiger partial charge in [-0.1, -0.05) is 6.07 Å². The van der Waals surface area contributed by atoms with E-state index in [0.717, 1.165) is 24.1 Å². The average Bonchev–Trinajstić information content (AvgIpc) is 2.78. The molecule has 0 aromatic carbocycles. The van der Waals surface area contributed by atoms with Crippen molar-refractivity contribution in [3.8, 4) is 0 Å². The van der Waals surface area contributed by atoms with Crippen molar-refractivity contribution in [3.63, 3.8) is 0 Å². The van der Waals surface area contributed by atoms with Gasteiger partial charge in [0.2, 0.25) is 4.73 Å². The van der Waals surface area contributed by atoms with Crippen LogP contribution in [0.15, 0.2) is 23.1 Å². The molecular weight excluding hydrogens is 244 g/mol. The monoisotopic (exact) mass is 252 g/mol. The Bertz CT molecular complexity index is 500. The number of fused-ring (bicyclic) bond motifs is 1. The van der Waals surface area contributed by atoms with Crippen LogP contribution in [0, 0.1) is 0 Å². The van der Waals surface area contributed by atoms with Crippen molar-refractivity contribution >= 4 is 21.6 Å². The third-order valence-electron chi connectivity index (χ3n) is 2.66. The smallest absolute Gasteiger partial charge is 0.218 e. The molecule has 2 N–H and O–H groups in total. The van der Waals surface area contributed by atoms with E-state index in [0.29, 0.717) is 4.73 Å². The van der Waals surface area contributed by atoms with Crippen molar-refractivity contribution in [2.45, 2.75) is 18.4 Å². The van der Waals surface area contributed by atoms with Gasteiger partial charge in [0, 0.05) is 17.3 Å². The van der Waals surface area contributed by atoms with Crippen molar-refractivity contribution in [3.05, 3.63) is 28.6 Å². The van der Waals surface area contributed by atoms with Gasteiger partial charge in [0.05, 0.1) is 0 Å². The summed E-state index contributed by atoms with van der Waals surface area (Å²) in [7, 11) is 0. The Balaban J connectivity index is 2.32. The second kappa shape index (κ2) is 2.55. The molecule has 2 heterocycles. The van der Waals surface area contributed by atoms with Crippen LogP contribution in [0.2, 0.25) is 0 Å². The summed E-state index contributed by atoms with van der Waals surface area (Å²) in [5, 5.41) is 4.18. The fourth-order valence-corrected chi connectivity index (χ4v) is 2.01. The van der Waals surface area contributed by atoms with Crippen molar-refractivity contribution in [2.75, 3.05) is 0 Å². The predicted octanol–water partition coefficient (Wildman–Crippen LogP) is 1.44. The van der Waals surface area contributed by atoms with Gasteiger partial charge >= 0.3 is 0 Å². The molecular formula is C9H9BrN4. The van der Waals surface area contributed by atoms with E-state index in [2.05, 4.69) is 26.0 Å². The Labute approximate surface area is 89.3 Å². The van der Waals surface area contributed by atoms with Gasteiger partial charge in [-0.15, -0.1) is 5.10 Å². The highest BCUT2D eigenvalue weighted by Crippen LogP contribution is 2.43. The Morgan fingerprint density at radius 1 is 1.50 bits per heavy atom. The first-order chi connectivity index (χ1) is 6.69. The fourth-order valence-electron chi connectivity index (χ4n) is 1.67. The first kappa shape index (κ1) is 8.38. The number of nitrogens with two attached hydrogens (primary N) is 1. The quantitative estimate of drug-likeness (QED) is 0.836. The summed E-state index contributed by atoms with van der Waals surface area (Å²) in [6, 6.07) is 3.99. The standard InChI is InChI=1S/C9H9BrN4/c10-8-12-7-6(9(11)3-4-9)2-1-5-14(7)13-8/h1-2,5H,3-4,11H2. The van der Waals surface area contributed by atoms with Crippen molar-refractivity contribution in [2.24, 2.45) is 5.73 Å². The molecule has 1 aliphatic rings. The van der Waals surface area contributed by atoms with E-state index in [-0.39, 0.29) is 5.54 Å². The minimum atomic E-state index is -0.158. The van der Waals surface area contributed by atoms with E-state index in [4.69, 9.17) is 5.73 Å². The van der Waals surface area contributed by atoms with Gasteiger partial charge < -0.3 is 5.73 Å². The summed E-state index contributed by atoms with van der Waals surface area (Å²) in [6.07, 6.45) is 3.95. The van der Waals surface area contributed by atoms with Crippen molar-refractivity contribution < 1.29 is 0 Å². The zero-order valence-corrected chi connectivity index (χ0v) is 9.03. The van der Waals surface area contributed by atoms with Gasteiger partial charge in [-0.25, -0.2) is 9.50 Å². The third-order valence-corrected chi connectivity index (χ3v) is 3.00. The molecule has 0 bridgehead atoms. The first-order valence-corrected chi connectivity index (χ1v) is 5.29. The van der Waals surface area contributed by atoms with Crippen molar-refractivity contribution in [1.29, 1.82) is 0 Å². The summed E-state index contributed by atoms with van der Waals surface area (Å²) < 4.78 is 2.36. The van der Waals surface area contributed by atoms with Crippen LogP contribution in [0.1, 0.15) is 18.4 Å². The Morgan fingerprint density at radius 2 is 2.29 bits per heavy atom. The molecule has 0 spiro atoms. The summed E-state index contributed by atoms with van der Waals surface area (Å²) in [4.78, 5) is 4.31. The van der Waals surface area contributed by atoms with Crippen LogP contribution < -0.4 is 5.73 Å². The van der Waals surface area contributed by atoms with Gasteiger partial charge in [0.25, 0.3) is 0 Å². The zero-order chi connectivity index (χ0) is 9.76. The van der Waals surface area contributed by atoms with E-state index >= 15 is 0 Å². The highest BCUT2D eigenvalue weighted by molar-refractivity contribution is 9.10. The predicted molar refractivity (Wildman–Crippen MR) is 55.8 cm³/mol. The number of hydrogen-bond acceptors (Lipinski definition) is 3. The normalized spacial score (nSPS) is 18.7. The van der Waals surface area contributed by atoms with Gasteiger partial charge in [0.15, 0.2) is 5.65 Å². The maximum atomic E-state index is 6.15. The number of halogens is 1. The second-order valence-corrected chi connectivity index (χ2v) is 4.44. The SMILES string of the molecule is NC1(c2cccn3nc(Br)nc23)CC1. The van der Waals surface area contributed by atoms with Crippen molar-refractivity contribution in [1.82, 2.24) is 14.6 Å². The molecule has 0 unspecified atom stereocenters. The summed E-state index contributed by atoms with van der Waals surface area (Å²) >= 11 is 3.26. The van der Waals surface area contributed by atoms with Gasteiger partial charge in [-0.3, -0.25) is 0 Å². The first-order valence-electron chi connectivity index (χ1n) is 4.49. The largest absolute Gasteiger partial charge is 0.321 e. The van der Waals surface area contributed by atoms with Crippen LogP contribution in [0.5, 0.6) is 0 Å². The van der Waals surface area contributed by atoms with E-state index in [1.54, 1.807) is 4.52 Å². The number of aromatic nitrogens is 3. The molecule has 0 atom stereocenters. The maximum absolute atomic E-state index is 6.15. The molecule has 72 valence electrons. The molecule has 0 amide bonds. The van der Waals surface area contributed by atoms with E-state index in [1.807, 2.05) is 18.3 Å². The average molecular weight is 253 g/mol. The summed E-state index contributed by atoms with van der Waals surface area (Å²) in [5.41, 5.74) is 7.95. The molecule has 1 fully saturated rings. The lowest BCUT2D eigenvalue weighted by Gasteiger charge is -2.08. The molecule has 4 nitrogen and oxygen atoms in total. The molecule has 1 saturated carbocycles. The van der Waals surface area contributed by atoms with Crippen LogP contribution in [-0.2, 0) is 5.54 Å². The second-order valence-electron chi connectivity index (χ2n) is 3.73. The Kier molecular flexibility index (Phi) is 1.52. The number of nitrogens with zero attached hydrogens (tertiary/aromatic N) is 3. The molecule has 14 heavy (non-hydrogen) atoms. The lowest BCUT2D eigenvalue weighted by atomic mass is 10.1. The topological polar surface area (TPSA) is 56.2 Å². The van der Waals surface area contributed by atoms with E-state index in [9.17, 15) is 0 Å². The zero-order valence-electron chi connectivity index (χ0n) is 7.44. The summed E-state index contributed by atoms with van der Waals surface area (Å²) in [6.45, 7) is 0. The van der Waals surface area contributed by atoms with Crippen LogP contribution in [-0.4, -0.2) is 14.6 Å².